The third-order valence-electron chi connectivity index (χ3n) is 1.71. The number of hydrogen-bond acceptors (Lipinski definition) is 2. The molecule has 1 rings (SSSR count). The maximum absolute atomic E-state index is 8.81. The Morgan fingerprint density at radius 2 is 2.33 bits per heavy atom. The van der Waals surface area contributed by atoms with E-state index in [2.05, 4.69) is 6.92 Å². The second-order valence-electron chi connectivity index (χ2n) is 2.62. The maximum atomic E-state index is 8.81. The van der Waals surface area contributed by atoms with E-state index in [4.69, 9.17) is 10.4 Å². The van der Waals surface area contributed by atoms with Crippen molar-refractivity contribution >= 4 is 0 Å². The van der Waals surface area contributed by atoms with Crippen molar-refractivity contribution in [2.24, 2.45) is 0 Å². The minimum atomic E-state index is -0.140. The molecule has 0 heterocycles. The van der Waals surface area contributed by atoms with Gasteiger partial charge in [0.25, 0.3) is 0 Å². The van der Waals surface area contributed by atoms with Crippen molar-refractivity contribution in [1.29, 1.82) is 5.26 Å². The Balaban J connectivity index is 2.95. The SMILES string of the molecule is [CH2]C(CO)c1cccc(C#N)c1. The van der Waals surface area contributed by atoms with E-state index < -0.39 is 0 Å². The fourth-order valence-corrected chi connectivity index (χ4v) is 0.968. The van der Waals surface area contributed by atoms with Gasteiger partial charge in [0.2, 0.25) is 0 Å². The van der Waals surface area contributed by atoms with Gasteiger partial charge in [0.15, 0.2) is 0 Å². The van der Waals surface area contributed by atoms with Gasteiger partial charge in [-0.15, -0.1) is 0 Å². The summed E-state index contributed by atoms with van der Waals surface area (Å²) in [6, 6.07) is 9.16. The van der Waals surface area contributed by atoms with Gasteiger partial charge in [-0.1, -0.05) is 12.1 Å². The minimum Gasteiger partial charge on any atom is -0.396 e. The minimum absolute atomic E-state index is 0.00881. The van der Waals surface area contributed by atoms with Gasteiger partial charge in [-0.2, -0.15) is 5.26 Å². The highest BCUT2D eigenvalue weighted by Gasteiger charge is 2.03. The molecule has 1 aromatic rings. The highest BCUT2D eigenvalue weighted by molar-refractivity contribution is 5.34. The maximum Gasteiger partial charge on any atom is 0.0991 e. The van der Waals surface area contributed by atoms with Crippen molar-refractivity contribution in [2.45, 2.75) is 5.92 Å². The number of hydrogen-bond donors (Lipinski definition) is 1. The van der Waals surface area contributed by atoms with Crippen molar-refractivity contribution in [3.05, 3.63) is 42.3 Å². The van der Waals surface area contributed by atoms with E-state index in [0.29, 0.717) is 5.56 Å². The Morgan fingerprint density at radius 3 is 2.92 bits per heavy atom. The van der Waals surface area contributed by atoms with E-state index in [1.165, 1.54) is 0 Å². The van der Waals surface area contributed by atoms with Crippen LogP contribution in [0.3, 0.4) is 0 Å². The summed E-state index contributed by atoms with van der Waals surface area (Å²) in [5.41, 5.74) is 1.51. The van der Waals surface area contributed by atoms with E-state index in [1.54, 1.807) is 18.2 Å². The number of nitrogens with zero attached hydrogens (tertiary/aromatic N) is 1. The average Bonchev–Trinajstić information content (AvgIpc) is 2.17. The molecule has 0 fully saturated rings. The van der Waals surface area contributed by atoms with E-state index in [9.17, 15) is 0 Å². The van der Waals surface area contributed by atoms with E-state index in [1.807, 2.05) is 12.1 Å². The smallest absolute Gasteiger partial charge is 0.0991 e. The first-order valence-corrected chi connectivity index (χ1v) is 3.72. The Morgan fingerprint density at radius 1 is 1.58 bits per heavy atom. The standard InChI is InChI=1S/C10H10NO/c1-8(7-12)10-4-2-3-9(5-10)6-11/h2-5,8,12H,1,7H2. The van der Waals surface area contributed by atoms with Gasteiger partial charge in [0, 0.05) is 12.5 Å². The fourth-order valence-electron chi connectivity index (χ4n) is 0.968. The second kappa shape index (κ2) is 3.89. The van der Waals surface area contributed by atoms with E-state index in [0.717, 1.165) is 5.56 Å². The van der Waals surface area contributed by atoms with Crippen molar-refractivity contribution in [1.82, 2.24) is 0 Å². The first kappa shape index (κ1) is 8.76. The van der Waals surface area contributed by atoms with Crippen molar-refractivity contribution in [2.75, 3.05) is 6.61 Å². The Hall–Kier alpha value is -1.33. The van der Waals surface area contributed by atoms with Gasteiger partial charge >= 0.3 is 0 Å². The molecular weight excluding hydrogens is 150 g/mol. The predicted molar refractivity (Wildman–Crippen MR) is 46.3 cm³/mol. The zero-order valence-electron chi connectivity index (χ0n) is 6.70. The molecule has 0 bridgehead atoms. The van der Waals surface area contributed by atoms with Crippen molar-refractivity contribution < 1.29 is 5.11 Å². The van der Waals surface area contributed by atoms with Crippen LogP contribution in [0.25, 0.3) is 0 Å². The Kier molecular flexibility index (Phi) is 2.84. The monoisotopic (exact) mass is 160 g/mol. The molecule has 0 aliphatic carbocycles. The summed E-state index contributed by atoms with van der Waals surface area (Å²) in [5.74, 6) is -0.140. The molecule has 61 valence electrons. The quantitative estimate of drug-likeness (QED) is 0.712. The van der Waals surface area contributed by atoms with Gasteiger partial charge in [-0.3, -0.25) is 0 Å². The van der Waals surface area contributed by atoms with Crippen molar-refractivity contribution in [3.8, 4) is 6.07 Å². The van der Waals surface area contributed by atoms with Crippen LogP contribution < -0.4 is 0 Å². The van der Waals surface area contributed by atoms with Crippen molar-refractivity contribution in [3.63, 3.8) is 0 Å². The third-order valence-corrected chi connectivity index (χ3v) is 1.71. The van der Waals surface area contributed by atoms with E-state index in [-0.39, 0.29) is 12.5 Å². The highest BCUT2D eigenvalue weighted by Crippen LogP contribution is 2.14. The Labute approximate surface area is 72.1 Å². The van der Waals surface area contributed by atoms with Gasteiger partial charge in [0.1, 0.15) is 0 Å². The zero-order chi connectivity index (χ0) is 8.97. The molecular formula is C10H10NO. The summed E-state index contributed by atoms with van der Waals surface area (Å²) < 4.78 is 0. The summed E-state index contributed by atoms with van der Waals surface area (Å²) in [6.07, 6.45) is 0. The number of rotatable bonds is 2. The summed E-state index contributed by atoms with van der Waals surface area (Å²) in [4.78, 5) is 0. The van der Waals surface area contributed by atoms with Gasteiger partial charge in [-0.05, 0) is 24.6 Å². The molecule has 0 aliphatic rings. The number of aliphatic hydroxyl groups is 1. The molecule has 1 atom stereocenters. The van der Waals surface area contributed by atoms with Crippen LogP contribution in [0.4, 0.5) is 0 Å². The molecule has 0 aromatic heterocycles. The summed E-state index contributed by atoms with van der Waals surface area (Å²) >= 11 is 0. The van der Waals surface area contributed by atoms with Gasteiger partial charge in [0.05, 0.1) is 11.6 Å². The number of benzene rings is 1. The second-order valence-corrected chi connectivity index (χ2v) is 2.62. The molecule has 0 saturated carbocycles. The molecule has 2 nitrogen and oxygen atoms in total. The summed E-state index contributed by atoms with van der Waals surface area (Å²) in [5, 5.41) is 17.4. The van der Waals surface area contributed by atoms with Crippen LogP contribution in [0.5, 0.6) is 0 Å². The molecule has 1 radical (unpaired) electrons. The lowest BCUT2D eigenvalue weighted by atomic mass is 10.0. The summed E-state index contributed by atoms with van der Waals surface area (Å²) in [6.45, 7) is 3.75. The molecule has 0 spiro atoms. The first-order chi connectivity index (χ1) is 5.77. The summed E-state index contributed by atoms with van der Waals surface area (Å²) in [7, 11) is 0. The third kappa shape index (κ3) is 1.84. The van der Waals surface area contributed by atoms with Crippen LogP contribution in [0, 0.1) is 18.3 Å². The first-order valence-electron chi connectivity index (χ1n) is 3.72. The van der Waals surface area contributed by atoms with Crippen LogP contribution in [0.15, 0.2) is 24.3 Å². The van der Waals surface area contributed by atoms with Crippen LogP contribution in [0.2, 0.25) is 0 Å². The normalized spacial score (nSPS) is 12.1. The number of nitriles is 1. The molecule has 12 heavy (non-hydrogen) atoms. The number of aliphatic hydroxyl groups excluding tert-OH is 1. The topological polar surface area (TPSA) is 44.0 Å². The molecule has 1 unspecified atom stereocenters. The molecule has 0 aliphatic heterocycles. The van der Waals surface area contributed by atoms with E-state index >= 15 is 0 Å². The van der Waals surface area contributed by atoms with Gasteiger partial charge < -0.3 is 5.11 Å². The molecule has 1 N–H and O–H groups in total. The van der Waals surface area contributed by atoms with Gasteiger partial charge in [-0.25, -0.2) is 0 Å². The average molecular weight is 160 g/mol. The molecule has 0 saturated heterocycles. The molecule has 1 aromatic carbocycles. The molecule has 2 heteroatoms. The predicted octanol–water partition coefficient (Wildman–Crippen LogP) is 1.47. The highest BCUT2D eigenvalue weighted by atomic mass is 16.3. The zero-order valence-corrected chi connectivity index (χ0v) is 6.70. The lowest BCUT2D eigenvalue weighted by Gasteiger charge is -2.06. The fraction of sp³-hybridized carbons (Fsp3) is 0.200. The lowest BCUT2D eigenvalue weighted by Crippen LogP contribution is -1.98. The lowest BCUT2D eigenvalue weighted by molar-refractivity contribution is 0.282. The molecule has 0 amide bonds. The van der Waals surface area contributed by atoms with Crippen LogP contribution in [-0.4, -0.2) is 11.7 Å². The van der Waals surface area contributed by atoms with Crippen LogP contribution in [-0.2, 0) is 0 Å². The van der Waals surface area contributed by atoms with Crippen LogP contribution >= 0.6 is 0 Å². The van der Waals surface area contributed by atoms with Crippen LogP contribution in [0.1, 0.15) is 17.0 Å². The Bertz CT molecular complexity index is 301. The largest absolute Gasteiger partial charge is 0.396 e.